The number of benzene rings is 2. The van der Waals surface area contributed by atoms with E-state index in [4.69, 9.17) is 4.74 Å². The largest absolute Gasteiger partial charge is 0.506 e. The summed E-state index contributed by atoms with van der Waals surface area (Å²) in [6, 6.07) is 16.3. The Morgan fingerprint density at radius 3 is 2.60 bits per heavy atom. The van der Waals surface area contributed by atoms with E-state index in [1.54, 1.807) is 28.8 Å². The number of hydrogen-bond donors (Lipinski definition) is 2. The molecule has 30 heavy (non-hydrogen) atoms. The minimum absolute atomic E-state index is 0.00445. The maximum Gasteiger partial charge on any atom is 0.276 e. The van der Waals surface area contributed by atoms with Crippen molar-refractivity contribution in [3.8, 4) is 22.8 Å². The topological polar surface area (TPSA) is 88.8 Å². The number of phenols is 1. The van der Waals surface area contributed by atoms with Crippen molar-refractivity contribution in [3.05, 3.63) is 71.5 Å². The molecule has 0 saturated carbocycles. The van der Waals surface area contributed by atoms with E-state index in [1.807, 2.05) is 51.1 Å². The fourth-order valence-electron chi connectivity index (χ4n) is 3.21. The van der Waals surface area contributed by atoms with Crippen LogP contribution in [0, 0.1) is 13.8 Å². The number of carbonyl (C=O) groups is 1. The summed E-state index contributed by atoms with van der Waals surface area (Å²) in [6.07, 6.45) is 0. The van der Waals surface area contributed by atoms with Crippen LogP contribution >= 0.6 is 0 Å². The number of aryl methyl sites for hydroxylation is 2. The highest BCUT2D eigenvalue weighted by Crippen LogP contribution is 2.25. The lowest BCUT2D eigenvalue weighted by atomic mass is 10.1. The van der Waals surface area contributed by atoms with E-state index in [1.165, 1.54) is 0 Å². The van der Waals surface area contributed by atoms with Gasteiger partial charge in [-0.05, 0) is 68.8 Å². The quantitative estimate of drug-likeness (QED) is 0.484. The molecule has 2 N–H and O–H groups in total. The van der Waals surface area contributed by atoms with Crippen LogP contribution in [0.1, 0.15) is 28.7 Å². The molecule has 0 aliphatic heterocycles. The van der Waals surface area contributed by atoms with Crippen LogP contribution in [0.3, 0.4) is 0 Å². The zero-order chi connectivity index (χ0) is 21.3. The van der Waals surface area contributed by atoms with E-state index < -0.39 is 5.91 Å². The third kappa shape index (κ3) is 3.82. The first-order valence-electron chi connectivity index (χ1n) is 9.66. The molecule has 2 heterocycles. The summed E-state index contributed by atoms with van der Waals surface area (Å²) in [4.78, 5) is 17.3. The Morgan fingerprint density at radius 1 is 1.10 bits per heavy atom. The second kappa shape index (κ2) is 7.87. The van der Waals surface area contributed by atoms with Gasteiger partial charge in [-0.25, -0.2) is 9.50 Å². The fourth-order valence-corrected chi connectivity index (χ4v) is 3.21. The predicted octanol–water partition coefficient (Wildman–Crippen LogP) is 4.37. The number of nitrogens with one attached hydrogen (secondary N) is 1. The fraction of sp³-hybridized carbons (Fsp3) is 0.174. The van der Waals surface area contributed by atoms with Gasteiger partial charge in [-0.15, -0.1) is 0 Å². The molecule has 4 rings (SSSR count). The van der Waals surface area contributed by atoms with Crippen LogP contribution in [0.4, 0.5) is 5.69 Å². The van der Waals surface area contributed by atoms with Crippen LogP contribution in [-0.4, -0.2) is 32.2 Å². The molecule has 0 spiro atoms. The highest BCUT2D eigenvalue weighted by Gasteiger charge is 2.16. The standard InChI is InChI=1S/C23H22N4O3/c1-4-30-17-8-6-16(7-9-17)18-12-15(3)27-22(24-18)13-20(26-27)23(29)25-19-11-14(2)5-10-21(19)28/h5-13,28H,4H2,1-3H3,(H,25,29). The third-order valence-electron chi connectivity index (χ3n) is 4.70. The number of amides is 1. The van der Waals surface area contributed by atoms with Gasteiger partial charge in [-0.1, -0.05) is 6.07 Å². The summed E-state index contributed by atoms with van der Waals surface area (Å²) in [6.45, 7) is 6.35. The molecule has 0 unspecified atom stereocenters. The number of hydrogen-bond acceptors (Lipinski definition) is 5. The summed E-state index contributed by atoms with van der Waals surface area (Å²) in [5.41, 5.74) is 4.63. The lowest BCUT2D eigenvalue weighted by Crippen LogP contribution is -2.13. The van der Waals surface area contributed by atoms with E-state index >= 15 is 0 Å². The monoisotopic (exact) mass is 402 g/mol. The van der Waals surface area contributed by atoms with Crippen LogP contribution in [0.5, 0.6) is 11.5 Å². The molecule has 0 saturated heterocycles. The molecule has 2 aromatic carbocycles. The minimum atomic E-state index is -0.414. The molecule has 0 fully saturated rings. The molecule has 4 aromatic rings. The zero-order valence-electron chi connectivity index (χ0n) is 17.0. The molecule has 2 aromatic heterocycles. The van der Waals surface area contributed by atoms with Crippen molar-refractivity contribution in [1.29, 1.82) is 0 Å². The first-order valence-corrected chi connectivity index (χ1v) is 9.66. The van der Waals surface area contributed by atoms with Gasteiger partial charge in [0.05, 0.1) is 18.0 Å². The predicted molar refractivity (Wildman–Crippen MR) is 115 cm³/mol. The maximum absolute atomic E-state index is 12.7. The molecule has 0 atom stereocenters. The normalized spacial score (nSPS) is 10.9. The van der Waals surface area contributed by atoms with Gasteiger partial charge in [0.15, 0.2) is 11.3 Å². The molecular weight excluding hydrogens is 380 g/mol. The number of nitrogens with zero attached hydrogens (tertiary/aromatic N) is 3. The van der Waals surface area contributed by atoms with Gasteiger partial charge in [-0.2, -0.15) is 5.10 Å². The average molecular weight is 402 g/mol. The summed E-state index contributed by atoms with van der Waals surface area (Å²) in [7, 11) is 0. The third-order valence-corrected chi connectivity index (χ3v) is 4.70. The highest BCUT2D eigenvalue weighted by molar-refractivity contribution is 6.04. The summed E-state index contributed by atoms with van der Waals surface area (Å²) in [5, 5.41) is 17.0. The van der Waals surface area contributed by atoms with Gasteiger partial charge >= 0.3 is 0 Å². The molecule has 0 radical (unpaired) electrons. The summed E-state index contributed by atoms with van der Waals surface area (Å²) >= 11 is 0. The van der Waals surface area contributed by atoms with Gasteiger partial charge in [0.1, 0.15) is 11.5 Å². The Morgan fingerprint density at radius 2 is 1.87 bits per heavy atom. The van der Waals surface area contributed by atoms with E-state index in [9.17, 15) is 9.90 Å². The van der Waals surface area contributed by atoms with E-state index in [0.29, 0.717) is 17.9 Å². The first-order chi connectivity index (χ1) is 14.4. The van der Waals surface area contributed by atoms with E-state index in [2.05, 4.69) is 15.4 Å². The number of fused-ring (bicyclic) bond motifs is 1. The maximum atomic E-state index is 12.7. The van der Waals surface area contributed by atoms with Crippen molar-refractivity contribution < 1.29 is 14.6 Å². The van der Waals surface area contributed by atoms with Crippen LogP contribution in [-0.2, 0) is 0 Å². The van der Waals surface area contributed by atoms with Crippen molar-refractivity contribution in [2.24, 2.45) is 0 Å². The Balaban J connectivity index is 1.64. The number of anilines is 1. The van der Waals surface area contributed by atoms with Crippen LogP contribution in [0.15, 0.2) is 54.6 Å². The second-order valence-corrected chi connectivity index (χ2v) is 7.01. The lowest BCUT2D eigenvalue weighted by Gasteiger charge is -2.07. The summed E-state index contributed by atoms with van der Waals surface area (Å²) in [5.74, 6) is 0.398. The summed E-state index contributed by atoms with van der Waals surface area (Å²) < 4.78 is 7.12. The van der Waals surface area contributed by atoms with Gasteiger partial charge < -0.3 is 15.2 Å². The minimum Gasteiger partial charge on any atom is -0.506 e. The molecular formula is C23H22N4O3. The molecule has 0 aliphatic rings. The van der Waals surface area contributed by atoms with E-state index in [-0.39, 0.29) is 11.4 Å². The van der Waals surface area contributed by atoms with Crippen LogP contribution < -0.4 is 10.1 Å². The smallest absolute Gasteiger partial charge is 0.276 e. The van der Waals surface area contributed by atoms with Gasteiger partial charge in [0.2, 0.25) is 0 Å². The number of phenolic OH excluding ortho intramolecular Hbond substituents is 1. The molecule has 0 aliphatic carbocycles. The average Bonchev–Trinajstić information content (AvgIpc) is 3.17. The Bertz CT molecular complexity index is 1230. The SMILES string of the molecule is CCOc1ccc(-c2cc(C)n3nc(C(=O)Nc4cc(C)ccc4O)cc3n2)cc1. The van der Waals surface area contributed by atoms with Crippen molar-refractivity contribution in [2.75, 3.05) is 11.9 Å². The Hall–Kier alpha value is -3.87. The van der Waals surface area contributed by atoms with Crippen LogP contribution in [0.2, 0.25) is 0 Å². The van der Waals surface area contributed by atoms with Crippen molar-refractivity contribution in [2.45, 2.75) is 20.8 Å². The first kappa shape index (κ1) is 19.4. The molecule has 1 amide bonds. The zero-order valence-corrected chi connectivity index (χ0v) is 17.0. The molecule has 0 bridgehead atoms. The number of aromatic nitrogens is 3. The molecule has 7 heteroatoms. The van der Waals surface area contributed by atoms with Crippen molar-refractivity contribution in [3.63, 3.8) is 0 Å². The number of aromatic hydroxyl groups is 1. The van der Waals surface area contributed by atoms with Gasteiger partial charge in [0, 0.05) is 17.3 Å². The second-order valence-electron chi connectivity index (χ2n) is 7.01. The Labute approximate surface area is 174 Å². The molecule has 7 nitrogen and oxygen atoms in total. The molecule has 152 valence electrons. The highest BCUT2D eigenvalue weighted by atomic mass is 16.5. The lowest BCUT2D eigenvalue weighted by molar-refractivity contribution is 0.102. The Kier molecular flexibility index (Phi) is 5.10. The van der Waals surface area contributed by atoms with E-state index in [0.717, 1.165) is 28.3 Å². The van der Waals surface area contributed by atoms with Gasteiger partial charge in [-0.3, -0.25) is 4.79 Å². The van der Waals surface area contributed by atoms with Crippen LogP contribution in [0.25, 0.3) is 16.9 Å². The number of ether oxygens (including phenoxy) is 1. The number of carbonyl (C=O) groups excluding carboxylic acids is 1. The van der Waals surface area contributed by atoms with Crippen molar-refractivity contribution in [1.82, 2.24) is 14.6 Å². The van der Waals surface area contributed by atoms with Gasteiger partial charge in [0.25, 0.3) is 5.91 Å². The van der Waals surface area contributed by atoms with Crippen molar-refractivity contribution >= 4 is 17.2 Å². The number of rotatable bonds is 5.